The zero-order valence-electron chi connectivity index (χ0n) is 8.44. The molecule has 0 saturated carbocycles. The van der Waals surface area contributed by atoms with E-state index < -0.39 is 0 Å². The zero-order chi connectivity index (χ0) is 10.4. The fourth-order valence-corrected chi connectivity index (χ4v) is 1.40. The molecule has 2 heteroatoms. The van der Waals surface area contributed by atoms with E-state index in [-0.39, 0.29) is 5.92 Å². The second-order valence-electron chi connectivity index (χ2n) is 3.63. The summed E-state index contributed by atoms with van der Waals surface area (Å²) >= 11 is 0. The Hall–Kier alpha value is -1.31. The highest BCUT2D eigenvalue weighted by Gasteiger charge is 2.02. The van der Waals surface area contributed by atoms with E-state index in [1.807, 2.05) is 25.1 Å². The van der Waals surface area contributed by atoms with Crippen LogP contribution in [-0.2, 0) is 11.2 Å². The van der Waals surface area contributed by atoms with Gasteiger partial charge in [0.05, 0.1) is 0 Å². The molecule has 1 aromatic carbocycles. The highest BCUT2D eigenvalue weighted by Crippen LogP contribution is 2.18. The molecule has 0 bridgehead atoms. The monoisotopic (exact) mass is 192 g/mol. The van der Waals surface area contributed by atoms with E-state index in [2.05, 4.69) is 0 Å². The molecule has 1 aromatic rings. The van der Waals surface area contributed by atoms with Crippen molar-refractivity contribution in [1.29, 1.82) is 0 Å². The summed E-state index contributed by atoms with van der Waals surface area (Å²) in [4.78, 5) is 10.4. The topological polar surface area (TPSA) is 37.3 Å². The molecule has 1 rings (SSSR count). The van der Waals surface area contributed by atoms with E-state index in [1.165, 1.54) is 0 Å². The standard InChI is InChI=1S/C12H16O2/c1-10(9-13)5-4-7-11-6-2-3-8-12(11)14/h2-3,6,8-10,14H,4-5,7H2,1H3. The molecule has 0 saturated heterocycles. The van der Waals surface area contributed by atoms with Gasteiger partial charge in [-0.3, -0.25) is 0 Å². The SMILES string of the molecule is CC(C=O)CCCc1ccccc1O. The van der Waals surface area contributed by atoms with Crippen molar-refractivity contribution in [2.45, 2.75) is 26.2 Å². The lowest BCUT2D eigenvalue weighted by molar-refractivity contribution is -0.110. The van der Waals surface area contributed by atoms with E-state index in [0.717, 1.165) is 31.1 Å². The number of carbonyl (C=O) groups is 1. The lowest BCUT2D eigenvalue weighted by Gasteiger charge is -2.05. The third kappa shape index (κ3) is 3.21. The van der Waals surface area contributed by atoms with Crippen molar-refractivity contribution < 1.29 is 9.90 Å². The molecular weight excluding hydrogens is 176 g/mol. The van der Waals surface area contributed by atoms with Crippen LogP contribution in [0.25, 0.3) is 0 Å². The average Bonchev–Trinajstić information content (AvgIpc) is 2.20. The number of aldehydes is 1. The van der Waals surface area contributed by atoms with Gasteiger partial charge in [-0.25, -0.2) is 0 Å². The Morgan fingerprint density at radius 3 is 2.79 bits per heavy atom. The van der Waals surface area contributed by atoms with Crippen molar-refractivity contribution in [1.82, 2.24) is 0 Å². The minimum atomic E-state index is 0.126. The molecule has 0 aliphatic carbocycles. The average molecular weight is 192 g/mol. The van der Waals surface area contributed by atoms with E-state index in [1.54, 1.807) is 6.07 Å². The molecule has 76 valence electrons. The number of hydrogen-bond acceptors (Lipinski definition) is 2. The normalized spacial score (nSPS) is 12.4. The van der Waals surface area contributed by atoms with Crippen LogP contribution in [0.1, 0.15) is 25.3 Å². The van der Waals surface area contributed by atoms with Gasteiger partial charge >= 0.3 is 0 Å². The van der Waals surface area contributed by atoms with Crippen LogP contribution in [0.3, 0.4) is 0 Å². The van der Waals surface area contributed by atoms with E-state index in [4.69, 9.17) is 0 Å². The Morgan fingerprint density at radius 2 is 2.14 bits per heavy atom. The van der Waals surface area contributed by atoms with Crippen LogP contribution < -0.4 is 0 Å². The molecule has 0 aliphatic heterocycles. The molecule has 0 radical (unpaired) electrons. The van der Waals surface area contributed by atoms with E-state index in [0.29, 0.717) is 5.75 Å². The lowest BCUT2D eigenvalue weighted by atomic mass is 10.0. The Balaban J connectivity index is 2.38. The molecule has 0 fully saturated rings. The fourth-order valence-electron chi connectivity index (χ4n) is 1.40. The van der Waals surface area contributed by atoms with Crippen molar-refractivity contribution in [3.63, 3.8) is 0 Å². The number of benzene rings is 1. The first-order valence-electron chi connectivity index (χ1n) is 4.96. The van der Waals surface area contributed by atoms with Crippen LogP contribution in [0, 0.1) is 5.92 Å². The maximum absolute atomic E-state index is 10.4. The Morgan fingerprint density at radius 1 is 1.43 bits per heavy atom. The molecule has 0 aromatic heterocycles. The summed E-state index contributed by atoms with van der Waals surface area (Å²) in [5.41, 5.74) is 0.964. The van der Waals surface area contributed by atoms with Gasteiger partial charge in [0.1, 0.15) is 12.0 Å². The van der Waals surface area contributed by atoms with E-state index in [9.17, 15) is 9.90 Å². The predicted octanol–water partition coefficient (Wildman–Crippen LogP) is 2.55. The molecule has 0 spiro atoms. The first kappa shape index (κ1) is 10.8. The highest BCUT2D eigenvalue weighted by molar-refractivity contribution is 5.52. The van der Waals surface area contributed by atoms with Crippen LogP contribution in [0.4, 0.5) is 0 Å². The van der Waals surface area contributed by atoms with Crippen molar-refractivity contribution in [2.24, 2.45) is 5.92 Å². The third-order valence-corrected chi connectivity index (χ3v) is 2.33. The second-order valence-corrected chi connectivity index (χ2v) is 3.63. The summed E-state index contributed by atoms with van der Waals surface area (Å²) in [6.45, 7) is 1.91. The smallest absolute Gasteiger partial charge is 0.122 e. The second kappa shape index (κ2) is 5.43. The summed E-state index contributed by atoms with van der Waals surface area (Å²) in [6.07, 6.45) is 3.64. The largest absolute Gasteiger partial charge is 0.508 e. The summed E-state index contributed by atoms with van der Waals surface area (Å²) in [5, 5.41) is 9.46. The molecule has 14 heavy (non-hydrogen) atoms. The number of hydrogen-bond donors (Lipinski definition) is 1. The third-order valence-electron chi connectivity index (χ3n) is 2.33. The minimum absolute atomic E-state index is 0.126. The van der Waals surface area contributed by atoms with Gasteiger partial charge in [0.2, 0.25) is 0 Å². The van der Waals surface area contributed by atoms with Crippen LogP contribution in [-0.4, -0.2) is 11.4 Å². The number of phenols is 1. The quantitative estimate of drug-likeness (QED) is 0.728. The predicted molar refractivity (Wildman–Crippen MR) is 56.3 cm³/mol. The number of phenolic OH excluding ortho intramolecular Hbond substituents is 1. The summed E-state index contributed by atoms with van der Waals surface area (Å²) < 4.78 is 0. The minimum Gasteiger partial charge on any atom is -0.508 e. The maximum atomic E-state index is 10.4. The highest BCUT2D eigenvalue weighted by atomic mass is 16.3. The van der Waals surface area contributed by atoms with Crippen molar-refractivity contribution in [2.75, 3.05) is 0 Å². The van der Waals surface area contributed by atoms with Gasteiger partial charge in [-0.2, -0.15) is 0 Å². The first-order chi connectivity index (χ1) is 6.74. The number of aryl methyl sites for hydroxylation is 1. The van der Waals surface area contributed by atoms with Crippen molar-refractivity contribution in [3.8, 4) is 5.75 Å². The first-order valence-corrected chi connectivity index (χ1v) is 4.96. The molecular formula is C12H16O2. The van der Waals surface area contributed by atoms with E-state index >= 15 is 0 Å². The zero-order valence-corrected chi connectivity index (χ0v) is 8.44. The summed E-state index contributed by atoms with van der Waals surface area (Å²) in [5.74, 6) is 0.479. The van der Waals surface area contributed by atoms with Gasteiger partial charge in [0.15, 0.2) is 0 Å². The molecule has 1 atom stereocenters. The van der Waals surface area contributed by atoms with Crippen LogP contribution in [0.2, 0.25) is 0 Å². The Labute approximate surface area is 84.6 Å². The Kier molecular flexibility index (Phi) is 4.17. The fraction of sp³-hybridized carbons (Fsp3) is 0.417. The van der Waals surface area contributed by atoms with Gasteiger partial charge in [0, 0.05) is 5.92 Å². The van der Waals surface area contributed by atoms with Crippen LogP contribution in [0.15, 0.2) is 24.3 Å². The number of para-hydroxylation sites is 1. The van der Waals surface area contributed by atoms with Gasteiger partial charge in [-0.15, -0.1) is 0 Å². The molecule has 1 unspecified atom stereocenters. The van der Waals surface area contributed by atoms with Gasteiger partial charge in [-0.1, -0.05) is 25.1 Å². The number of rotatable bonds is 5. The molecule has 2 nitrogen and oxygen atoms in total. The van der Waals surface area contributed by atoms with Gasteiger partial charge in [-0.05, 0) is 30.9 Å². The van der Waals surface area contributed by atoms with Crippen molar-refractivity contribution >= 4 is 6.29 Å². The lowest BCUT2D eigenvalue weighted by Crippen LogP contribution is -1.96. The molecule has 0 aliphatic rings. The van der Waals surface area contributed by atoms with Crippen molar-refractivity contribution in [3.05, 3.63) is 29.8 Å². The molecule has 0 amide bonds. The summed E-state index contributed by atoms with van der Waals surface area (Å²) in [7, 11) is 0. The summed E-state index contributed by atoms with van der Waals surface area (Å²) in [6, 6.07) is 7.34. The molecule has 1 N–H and O–H groups in total. The Bertz CT molecular complexity index is 294. The molecule has 0 heterocycles. The number of carbonyl (C=O) groups excluding carboxylic acids is 1. The maximum Gasteiger partial charge on any atom is 0.122 e. The number of aromatic hydroxyl groups is 1. The van der Waals surface area contributed by atoms with Crippen LogP contribution in [0.5, 0.6) is 5.75 Å². The van der Waals surface area contributed by atoms with Gasteiger partial charge < -0.3 is 9.90 Å². The van der Waals surface area contributed by atoms with Crippen LogP contribution >= 0.6 is 0 Å². The van der Waals surface area contributed by atoms with Gasteiger partial charge in [0.25, 0.3) is 0 Å².